The molecule has 0 bridgehead atoms. The molecule has 2 heteroatoms. The molecule has 0 saturated heterocycles. The molecule has 0 amide bonds. The third kappa shape index (κ3) is 3.63. The van der Waals surface area contributed by atoms with E-state index in [1.165, 1.54) is 65.3 Å². The van der Waals surface area contributed by atoms with Crippen molar-refractivity contribution in [1.29, 1.82) is 0 Å². The lowest BCUT2D eigenvalue weighted by Gasteiger charge is -2.28. The second kappa shape index (κ2) is 9.82. The maximum absolute atomic E-state index is 6.64. The highest BCUT2D eigenvalue weighted by Crippen LogP contribution is 2.48. The molecule has 0 aliphatic heterocycles. The molecule has 0 radical (unpaired) electrons. The van der Waals surface area contributed by atoms with E-state index in [1.807, 2.05) is 0 Å². The van der Waals surface area contributed by atoms with Crippen LogP contribution in [-0.4, -0.2) is 0 Å². The van der Waals surface area contributed by atoms with Gasteiger partial charge in [0.05, 0.1) is 0 Å². The van der Waals surface area contributed by atoms with Crippen molar-refractivity contribution in [3.8, 4) is 22.3 Å². The van der Waals surface area contributed by atoms with E-state index in [0.717, 1.165) is 46.3 Å². The molecule has 11 rings (SSSR count). The zero-order valence-electron chi connectivity index (χ0n) is 26.2. The molecule has 226 valence electrons. The highest BCUT2D eigenvalue weighted by atomic mass is 16.3. The molecule has 9 aromatic rings. The molecular formula is C46H30O2. The first-order valence-electron chi connectivity index (χ1n) is 17.0. The highest BCUT2D eigenvalue weighted by molar-refractivity contribution is 6.23. The average molecular weight is 615 g/mol. The summed E-state index contributed by atoms with van der Waals surface area (Å²) in [5.41, 5.74) is 9.02. The Morgan fingerprint density at radius 1 is 0.479 bits per heavy atom. The van der Waals surface area contributed by atoms with E-state index in [9.17, 15) is 0 Å². The van der Waals surface area contributed by atoms with Gasteiger partial charge < -0.3 is 8.83 Å². The monoisotopic (exact) mass is 614 g/mol. The van der Waals surface area contributed by atoms with Crippen LogP contribution >= 0.6 is 0 Å². The van der Waals surface area contributed by atoms with Crippen molar-refractivity contribution in [1.82, 2.24) is 0 Å². The summed E-state index contributed by atoms with van der Waals surface area (Å²) in [6, 6.07) is 44.2. The standard InChI is InChI=1S/C46H30O2/c1-3-11-31-27(9-1)19-23-39-45(31)37-21-17-29(25-41(37)47-39)43-33-13-5-7-15-35(33)44(36-16-8-6-14-34(36)43)30-18-22-38-42(26-30)48-40-24-20-28-10-2-4-12-32(28)46(38)40/h1-19,21-23,25-26,28,32H,20,24H2. The van der Waals surface area contributed by atoms with Crippen LogP contribution in [0.15, 0.2) is 154 Å². The molecule has 7 aromatic carbocycles. The van der Waals surface area contributed by atoms with Crippen LogP contribution in [0.1, 0.15) is 23.7 Å². The summed E-state index contributed by atoms with van der Waals surface area (Å²) in [4.78, 5) is 0. The SMILES string of the molecule is C1=CC2CCc3oc4cc(-c5c6ccccc6c(-c6ccc7c(c6)oc6ccc8ccccc8c67)c6ccccc56)ccc4c3C2C=C1. The van der Waals surface area contributed by atoms with Crippen molar-refractivity contribution in [2.75, 3.05) is 0 Å². The summed E-state index contributed by atoms with van der Waals surface area (Å²) in [5, 5.41) is 11.0. The zero-order valence-corrected chi connectivity index (χ0v) is 26.2. The van der Waals surface area contributed by atoms with Gasteiger partial charge in [-0.25, -0.2) is 0 Å². The van der Waals surface area contributed by atoms with Gasteiger partial charge in [-0.3, -0.25) is 0 Å². The molecule has 0 N–H and O–H groups in total. The fraction of sp³-hybridized carbons (Fsp3) is 0.0870. The Hall–Kier alpha value is -5.86. The molecule has 2 heterocycles. The number of fused-ring (bicyclic) bond motifs is 12. The molecule has 2 aliphatic rings. The number of hydrogen-bond donors (Lipinski definition) is 0. The maximum Gasteiger partial charge on any atom is 0.136 e. The van der Waals surface area contributed by atoms with Crippen molar-refractivity contribution >= 4 is 65.2 Å². The number of rotatable bonds is 2. The van der Waals surface area contributed by atoms with Crippen LogP contribution in [0.5, 0.6) is 0 Å². The van der Waals surface area contributed by atoms with Gasteiger partial charge in [0, 0.05) is 34.1 Å². The summed E-state index contributed by atoms with van der Waals surface area (Å²) in [6.07, 6.45) is 11.2. The summed E-state index contributed by atoms with van der Waals surface area (Å²) < 4.78 is 13.2. The Balaban J connectivity index is 1.14. The van der Waals surface area contributed by atoms with Crippen LogP contribution in [-0.2, 0) is 6.42 Å². The highest BCUT2D eigenvalue weighted by Gasteiger charge is 2.32. The fourth-order valence-electron chi connectivity index (χ4n) is 8.86. The number of allylic oxidation sites excluding steroid dienone is 4. The van der Waals surface area contributed by atoms with Crippen LogP contribution in [0, 0.1) is 5.92 Å². The number of furan rings is 2. The van der Waals surface area contributed by atoms with Gasteiger partial charge in [-0.1, -0.05) is 121 Å². The van der Waals surface area contributed by atoms with Gasteiger partial charge in [0.2, 0.25) is 0 Å². The molecule has 2 nitrogen and oxygen atoms in total. The second-order valence-corrected chi connectivity index (χ2v) is 13.5. The van der Waals surface area contributed by atoms with Gasteiger partial charge in [-0.05, 0) is 91.2 Å². The van der Waals surface area contributed by atoms with Gasteiger partial charge in [0.25, 0.3) is 0 Å². The van der Waals surface area contributed by atoms with Crippen LogP contribution in [0.4, 0.5) is 0 Å². The summed E-state index contributed by atoms with van der Waals surface area (Å²) in [7, 11) is 0. The van der Waals surface area contributed by atoms with Gasteiger partial charge in [-0.15, -0.1) is 0 Å². The predicted molar refractivity (Wildman–Crippen MR) is 200 cm³/mol. The van der Waals surface area contributed by atoms with Crippen LogP contribution < -0.4 is 0 Å². The van der Waals surface area contributed by atoms with Gasteiger partial charge >= 0.3 is 0 Å². The second-order valence-electron chi connectivity index (χ2n) is 13.5. The maximum atomic E-state index is 6.64. The number of aryl methyl sites for hydroxylation is 1. The van der Waals surface area contributed by atoms with E-state index in [4.69, 9.17) is 8.83 Å². The molecule has 2 unspecified atom stereocenters. The Morgan fingerprint density at radius 3 is 1.79 bits per heavy atom. The first-order valence-corrected chi connectivity index (χ1v) is 17.0. The Labute approximate surface area is 277 Å². The zero-order chi connectivity index (χ0) is 31.3. The summed E-state index contributed by atoms with van der Waals surface area (Å²) in [5.74, 6) is 2.11. The van der Waals surface area contributed by atoms with Crippen molar-refractivity contribution in [2.45, 2.75) is 18.8 Å². The average Bonchev–Trinajstić information content (AvgIpc) is 3.71. The third-order valence-electron chi connectivity index (χ3n) is 11.0. The topological polar surface area (TPSA) is 26.3 Å². The number of hydrogen-bond acceptors (Lipinski definition) is 2. The lowest BCUT2D eigenvalue weighted by Crippen LogP contribution is -2.17. The molecule has 0 saturated carbocycles. The minimum absolute atomic E-state index is 0.398. The Bertz CT molecular complexity index is 2800. The lowest BCUT2D eigenvalue weighted by atomic mass is 9.75. The first-order chi connectivity index (χ1) is 23.8. The normalized spacial score (nSPS) is 17.2. The van der Waals surface area contributed by atoms with Crippen LogP contribution in [0.3, 0.4) is 0 Å². The smallest absolute Gasteiger partial charge is 0.136 e. The predicted octanol–water partition coefficient (Wildman–Crippen LogP) is 12.9. The molecular weight excluding hydrogens is 585 g/mol. The quantitative estimate of drug-likeness (QED) is 0.181. The molecule has 2 aromatic heterocycles. The Kier molecular flexibility index (Phi) is 5.37. The van der Waals surface area contributed by atoms with E-state index < -0.39 is 0 Å². The molecule has 0 fully saturated rings. The molecule has 2 atom stereocenters. The van der Waals surface area contributed by atoms with Crippen molar-refractivity contribution in [3.63, 3.8) is 0 Å². The molecule has 2 aliphatic carbocycles. The van der Waals surface area contributed by atoms with E-state index in [-0.39, 0.29) is 0 Å². The summed E-state index contributed by atoms with van der Waals surface area (Å²) in [6.45, 7) is 0. The largest absolute Gasteiger partial charge is 0.461 e. The van der Waals surface area contributed by atoms with E-state index >= 15 is 0 Å². The van der Waals surface area contributed by atoms with Crippen LogP contribution in [0.25, 0.3) is 87.5 Å². The summed E-state index contributed by atoms with van der Waals surface area (Å²) >= 11 is 0. The van der Waals surface area contributed by atoms with E-state index in [1.54, 1.807) is 0 Å². The third-order valence-corrected chi connectivity index (χ3v) is 11.0. The fourth-order valence-corrected chi connectivity index (χ4v) is 8.86. The van der Waals surface area contributed by atoms with E-state index in [2.05, 4.69) is 146 Å². The first kappa shape index (κ1) is 26.2. The van der Waals surface area contributed by atoms with Gasteiger partial charge in [0.1, 0.15) is 22.5 Å². The Morgan fingerprint density at radius 2 is 1.08 bits per heavy atom. The van der Waals surface area contributed by atoms with E-state index in [0.29, 0.717) is 11.8 Å². The van der Waals surface area contributed by atoms with Crippen LogP contribution in [0.2, 0.25) is 0 Å². The number of benzene rings is 7. The van der Waals surface area contributed by atoms with Crippen molar-refractivity contribution in [2.24, 2.45) is 5.92 Å². The van der Waals surface area contributed by atoms with Gasteiger partial charge in [-0.2, -0.15) is 0 Å². The minimum atomic E-state index is 0.398. The molecule has 0 spiro atoms. The van der Waals surface area contributed by atoms with Gasteiger partial charge in [0.15, 0.2) is 0 Å². The minimum Gasteiger partial charge on any atom is -0.461 e. The lowest BCUT2D eigenvalue weighted by molar-refractivity contribution is 0.436. The molecule has 48 heavy (non-hydrogen) atoms. The van der Waals surface area contributed by atoms with Crippen molar-refractivity contribution in [3.05, 3.63) is 157 Å². The van der Waals surface area contributed by atoms with Crippen molar-refractivity contribution < 1.29 is 8.83 Å².